The van der Waals surface area contributed by atoms with Gasteiger partial charge >= 0.3 is 0 Å². The lowest BCUT2D eigenvalue weighted by Gasteiger charge is -2.42. The van der Waals surface area contributed by atoms with E-state index in [1.807, 2.05) is 0 Å². The van der Waals surface area contributed by atoms with E-state index in [0.29, 0.717) is 10.8 Å². The Bertz CT molecular complexity index is 487. The van der Waals surface area contributed by atoms with Gasteiger partial charge in [0.25, 0.3) is 0 Å². The van der Waals surface area contributed by atoms with E-state index < -0.39 is 0 Å². The lowest BCUT2D eigenvalue weighted by molar-refractivity contribution is 0.332. The van der Waals surface area contributed by atoms with Crippen LogP contribution < -0.4 is 0 Å². The van der Waals surface area contributed by atoms with Crippen molar-refractivity contribution in [3.63, 3.8) is 0 Å². The smallest absolute Gasteiger partial charge is 0.0100 e. The average molecular weight is 242 g/mol. The van der Waals surface area contributed by atoms with Gasteiger partial charge in [-0.3, -0.25) is 0 Å². The van der Waals surface area contributed by atoms with E-state index in [1.54, 1.807) is 11.1 Å². The molecule has 0 heteroatoms. The molecule has 0 aromatic heterocycles. The molecule has 1 aliphatic rings. The van der Waals surface area contributed by atoms with Gasteiger partial charge in [-0.25, -0.2) is 0 Å². The molecule has 0 saturated heterocycles. The standard InChI is InChI=1S/C18H26/c1-7-13(2)14-8-9-15-16(12-14)18(5,6)11-10-17(15,3)4/h7-9,12H,10-11H2,1-6H3/b13-7-. The molecule has 0 radical (unpaired) electrons. The molecule has 0 heterocycles. The predicted octanol–water partition coefficient (Wildman–Crippen LogP) is 5.46. The maximum Gasteiger partial charge on any atom is -0.0100 e. The highest BCUT2D eigenvalue weighted by Gasteiger charge is 2.36. The SMILES string of the molecule is C/C=C(/C)c1ccc2c(c1)C(C)(C)CCC2(C)C. The van der Waals surface area contributed by atoms with Gasteiger partial charge in [-0.05, 0) is 59.8 Å². The summed E-state index contributed by atoms with van der Waals surface area (Å²) >= 11 is 0. The van der Waals surface area contributed by atoms with Crippen LogP contribution in [0.1, 0.15) is 71.1 Å². The van der Waals surface area contributed by atoms with Gasteiger partial charge in [-0.15, -0.1) is 0 Å². The normalized spacial score (nSPS) is 21.6. The summed E-state index contributed by atoms with van der Waals surface area (Å²) in [6, 6.07) is 7.07. The Kier molecular flexibility index (Phi) is 3.17. The van der Waals surface area contributed by atoms with Crippen molar-refractivity contribution in [1.82, 2.24) is 0 Å². The first kappa shape index (κ1) is 13.4. The molecule has 18 heavy (non-hydrogen) atoms. The van der Waals surface area contributed by atoms with Gasteiger partial charge in [-0.2, -0.15) is 0 Å². The van der Waals surface area contributed by atoms with Crippen LogP contribution in [0, 0.1) is 0 Å². The molecule has 2 rings (SSSR count). The number of hydrogen-bond acceptors (Lipinski definition) is 0. The average Bonchev–Trinajstić information content (AvgIpc) is 2.34. The zero-order chi connectivity index (χ0) is 13.6. The monoisotopic (exact) mass is 242 g/mol. The van der Waals surface area contributed by atoms with Crippen molar-refractivity contribution in [2.75, 3.05) is 0 Å². The van der Waals surface area contributed by atoms with Gasteiger partial charge in [0, 0.05) is 0 Å². The summed E-state index contributed by atoms with van der Waals surface area (Å²) in [6.45, 7) is 13.8. The van der Waals surface area contributed by atoms with Gasteiger partial charge in [0.15, 0.2) is 0 Å². The highest BCUT2D eigenvalue weighted by molar-refractivity contribution is 5.65. The first-order valence-corrected chi connectivity index (χ1v) is 7.06. The molecule has 1 aromatic rings. The summed E-state index contributed by atoms with van der Waals surface area (Å²) in [7, 11) is 0. The topological polar surface area (TPSA) is 0 Å². The number of benzene rings is 1. The second-order valence-electron chi connectivity index (χ2n) is 7.00. The second-order valence-corrected chi connectivity index (χ2v) is 7.00. The third kappa shape index (κ3) is 2.13. The lowest BCUT2D eigenvalue weighted by Crippen LogP contribution is -2.33. The largest absolute Gasteiger partial charge is 0.0841 e. The van der Waals surface area contributed by atoms with Crippen molar-refractivity contribution < 1.29 is 0 Å². The summed E-state index contributed by atoms with van der Waals surface area (Å²) in [5.74, 6) is 0. The van der Waals surface area contributed by atoms with Crippen molar-refractivity contribution in [2.45, 2.75) is 65.2 Å². The van der Waals surface area contributed by atoms with E-state index in [2.05, 4.69) is 65.8 Å². The zero-order valence-electron chi connectivity index (χ0n) is 12.7. The summed E-state index contributed by atoms with van der Waals surface area (Å²) in [6.07, 6.45) is 4.77. The fraction of sp³-hybridized carbons (Fsp3) is 0.556. The van der Waals surface area contributed by atoms with Crippen molar-refractivity contribution in [1.29, 1.82) is 0 Å². The molecule has 98 valence electrons. The van der Waals surface area contributed by atoms with Crippen LogP contribution >= 0.6 is 0 Å². The maximum absolute atomic E-state index is 2.42. The number of fused-ring (bicyclic) bond motifs is 1. The third-order valence-electron chi connectivity index (χ3n) is 4.74. The molecule has 0 N–H and O–H groups in total. The molecule has 0 fully saturated rings. The van der Waals surface area contributed by atoms with E-state index >= 15 is 0 Å². The van der Waals surface area contributed by atoms with Crippen molar-refractivity contribution >= 4 is 5.57 Å². The number of rotatable bonds is 1. The molecule has 0 aliphatic heterocycles. The zero-order valence-corrected chi connectivity index (χ0v) is 12.7. The Balaban J connectivity index is 2.62. The van der Waals surface area contributed by atoms with Crippen molar-refractivity contribution in [3.05, 3.63) is 41.0 Å². The van der Waals surface area contributed by atoms with Crippen LogP contribution in [0.2, 0.25) is 0 Å². The van der Waals surface area contributed by atoms with Crippen LogP contribution in [0.5, 0.6) is 0 Å². The van der Waals surface area contributed by atoms with Gasteiger partial charge in [-0.1, -0.05) is 52.0 Å². The van der Waals surface area contributed by atoms with E-state index in [0.717, 1.165) is 0 Å². The first-order chi connectivity index (χ1) is 8.28. The molecule has 0 bridgehead atoms. The van der Waals surface area contributed by atoms with Crippen molar-refractivity contribution in [3.8, 4) is 0 Å². The van der Waals surface area contributed by atoms with Gasteiger partial charge in [0.1, 0.15) is 0 Å². The highest BCUT2D eigenvalue weighted by atomic mass is 14.4. The minimum atomic E-state index is 0.314. The maximum atomic E-state index is 2.42. The molecule has 1 aromatic carbocycles. The molecule has 1 aliphatic carbocycles. The van der Waals surface area contributed by atoms with Crippen LogP contribution in [0.15, 0.2) is 24.3 Å². The first-order valence-electron chi connectivity index (χ1n) is 7.06. The Morgan fingerprint density at radius 3 is 2.11 bits per heavy atom. The van der Waals surface area contributed by atoms with Crippen LogP contribution in [-0.2, 0) is 10.8 Å². The van der Waals surface area contributed by atoms with Gasteiger partial charge in [0.05, 0.1) is 0 Å². The van der Waals surface area contributed by atoms with Crippen LogP contribution in [0.3, 0.4) is 0 Å². The Morgan fingerprint density at radius 2 is 1.56 bits per heavy atom. The fourth-order valence-corrected chi connectivity index (χ4v) is 3.00. The fourth-order valence-electron chi connectivity index (χ4n) is 3.00. The summed E-state index contributed by atoms with van der Waals surface area (Å²) in [5.41, 5.74) is 6.49. The minimum absolute atomic E-state index is 0.314. The summed E-state index contributed by atoms with van der Waals surface area (Å²) in [4.78, 5) is 0. The van der Waals surface area contributed by atoms with Crippen LogP contribution in [-0.4, -0.2) is 0 Å². The number of allylic oxidation sites excluding steroid dienone is 2. The molecule has 0 nitrogen and oxygen atoms in total. The van der Waals surface area contributed by atoms with Gasteiger partial charge < -0.3 is 0 Å². The molecular weight excluding hydrogens is 216 g/mol. The van der Waals surface area contributed by atoms with Crippen molar-refractivity contribution in [2.24, 2.45) is 0 Å². The quantitative estimate of drug-likeness (QED) is 0.613. The summed E-state index contributed by atoms with van der Waals surface area (Å²) in [5, 5.41) is 0. The predicted molar refractivity (Wildman–Crippen MR) is 81.1 cm³/mol. The Hall–Kier alpha value is -1.04. The van der Waals surface area contributed by atoms with E-state index in [4.69, 9.17) is 0 Å². The van der Waals surface area contributed by atoms with Crippen LogP contribution in [0.25, 0.3) is 5.57 Å². The third-order valence-corrected chi connectivity index (χ3v) is 4.74. The van der Waals surface area contributed by atoms with Gasteiger partial charge in [0.2, 0.25) is 0 Å². The van der Waals surface area contributed by atoms with E-state index in [1.165, 1.54) is 24.0 Å². The number of hydrogen-bond donors (Lipinski definition) is 0. The molecule has 0 spiro atoms. The molecule has 0 atom stereocenters. The molecular formula is C18H26. The van der Waals surface area contributed by atoms with E-state index in [9.17, 15) is 0 Å². The molecule has 0 amide bonds. The Labute approximate surface area is 112 Å². The highest BCUT2D eigenvalue weighted by Crippen LogP contribution is 2.46. The van der Waals surface area contributed by atoms with E-state index in [-0.39, 0.29) is 0 Å². The lowest BCUT2D eigenvalue weighted by atomic mass is 9.63. The second kappa shape index (κ2) is 4.26. The summed E-state index contributed by atoms with van der Waals surface area (Å²) < 4.78 is 0. The van der Waals surface area contributed by atoms with Crippen LogP contribution in [0.4, 0.5) is 0 Å². The minimum Gasteiger partial charge on any atom is -0.0841 e. The molecule has 0 saturated carbocycles. The Morgan fingerprint density at radius 1 is 1.00 bits per heavy atom. The molecule has 0 unspecified atom stereocenters.